The molecule has 1 fully saturated rings. The van der Waals surface area contributed by atoms with Crippen LogP contribution in [-0.4, -0.2) is 11.9 Å². The molecular formula is C22H25NO. The van der Waals surface area contributed by atoms with Gasteiger partial charge in [0.05, 0.1) is 0 Å². The van der Waals surface area contributed by atoms with Crippen LogP contribution < -0.4 is 0 Å². The van der Waals surface area contributed by atoms with Crippen molar-refractivity contribution in [3.8, 4) is 0 Å². The van der Waals surface area contributed by atoms with Crippen LogP contribution in [0.4, 0.5) is 0 Å². The number of nitrogens with zero attached hydrogens (tertiary/aromatic N) is 1. The Morgan fingerprint density at radius 2 is 1.33 bits per heavy atom. The molecule has 1 aliphatic heterocycles. The van der Waals surface area contributed by atoms with Crippen LogP contribution in [0.1, 0.15) is 44.2 Å². The molecule has 0 N–H and O–H groups in total. The van der Waals surface area contributed by atoms with E-state index < -0.39 is 5.60 Å². The van der Waals surface area contributed by atoms with Gasteiger partial charge in [0.25, 0.3) is 0 Å². The van der Waals surface area contributed by atoms with Gasteiger partial charge in [-0.05, 0) is 42.2 Å². The highest BCUT2D eigenvalue weighted by molar-refractivity contribution is 5.79. The van der Waals surface area contributed by atoms with Gasteiger partial charge in [0.15, 0.2) is 11.3 Å². The Morgan fingerprint density at radius 3 is 1.83 bits per heavy atom. The summed E-state index contributed by atoms with van der Waals surface area (Å²) in [4.78, 5) is 4.99. The number of ether oxygens (including phenoxy) is 1. The fourth-order valence-corrected chi connectivity index (χ4v) is 4.58. The lowest BCUT2D eigenvalue weighted by Gasteiger charge is -2.41. The molecule has 2 aliphatic rings. The van der Waals surface area contributed by atoms with Crippen LogP contribution in [0.2, 0.25) is 0 Å². The zero-order chi connectivity index (χ0) is 16.6. The molecule has 2 nitrogen and oxygen atoms in total. The molecule has 2 heteroatoms. The number of rotatable bonds is 2. The molecule has 1 spiro atoms. The van der Waals surface area contributed by atoms with Gasteiger partial charge in [-0.15, -0.1) is 0 Å². The van der Waals surface area contributed by atoms with Crippen molar-refractivity contribution >= 4 is 6.21 Å². The molecule has 0 radical (unpaired) electrons. The van der Waals surface area contributed by atoms with Crippen LogP contribution in [0.5, 0.6) is 0 Å². The van der Waals surface area contributed by atoms with Crippen molar-refractivity contribution in [3.05, 3.63) is 71.8 Å². The molecular weight excluding hydrogens is 294 g/mol. The van der Waals surface area contributed by atoms with Crippen LogP contribution in [-0.2, 0) is 10.3 Å². The molecule has 4 rings (SSSR count). The van der Waals surface area contributed by atoms with Crippen molar-refractivity contribution in [2.45, 2.75) is 44.4 Å². The first-order valence-corrected chi connectivity index (χ1v) is 8.99. The summed E-state index contributed by atoms with van der Waals surface area (Å²) in [6.45, 7) is 4.64. The first kappa shape index (κ1) is 15.6. The number of hydrogen-bond donors (Lipinski definition) is 0. The second-order valence-corrected chi connectivity index (χ2v) is 7.63. The zero-order valence-corrected chi connectivity index (χ0v) is 14.5. The van der Waals surface area contributed by atoms with Crippen LogP contribution in [0.15, 0.2) is 65.7 Å². The largest absolute Gasteiger partial charge is 0.332 e. The highest BCUT2D eigenvalue weighted by atomic mass is 16.5. The lowest BCUT2D eigenvalue weighted by Crippen LogP contribution is -2.42. The first-order valence-electron chi connectivity index (χ1n) is 8.99. The van der Waals surface area contributed by atoms with Gasteiger partial charge in [-0.2, -0.15) is 0 Å². The van der Waals surface area contributed by atoms with Crippen molar-refractivity contribution in [1.29, 1.82) is 0 Å². The van der Waals surface area contributed by atoms with Crippen LogP contribution in [0.25, 0.3) is 0 Å². The fraction of sp³-hybridized carbons (Fsp3) is 0.409. The summed E-state index contributed by atoms with van der Waals surface area (Å²) in [5.74, 6) is 1.29. The monoisotopic (exact) mass is 319 g/mol. The van der Waals surface area contributed by atoms with Crippen molar-refractivity contribution in [1.82, 2.24) is 0 Å². The van der Waals surface area contributed by atoms with Gasteiger partial charge in [-0.25, -0.2) is 0 Å². The van der Waals surface area contributed by atoms with Gasteiger partial charge in [0.2, 0.25) is 0 Å². The second-order valence-electron chi connectivity index (χ2n) is 7.63. The van der Waals surface area contributed by atoms with Gasteiger partial charge in [0.1, 0.15) is 0 Å². The summed E-state index contributed by atoms with van der Waals surface area (Å²) < 4.78 is 6.87. The summed E-state index contributed by atoms with van der Waals surface area (Å²) in [6, 6.07) is 21.0. The van der Waals surface area contributed by atoms with E-state index in [4.69, 9.17) is 9.73 Å². The molecule has 0 saturated heterocycles. The Bertz CT molecular complexity index is 673. The minimum atomic E-state index is -0.570. The predicted octanol–water partition coefficient (Wildman–Crippen LogP) is 5.18. The normalized spacial score (nSPS) is 31.4. The van der Waals surface area contributed by atoms with E-state index in [1.165, 1.54) is 6.42 Å². The van der Waals surface area contributed by atoms with Gasteiger partial charge in [-0.1, -0.05) is 74.5 Å². The molecule has 2 unspecified atom stereocenters. The molecule has 0 amide bonds. The minimum Gasteiger partial charge on any atom is -0.332 e. The third-order valence-electron chi connectivity index (χ3n) is 5.38. The maximum atomic E-state index is 6.87. The quantitative estimate of drug-likeness (QED) is 0.747. The summed E-state index contributed by atoms with van der Waals surface area (Å²) in [6.07, 6.45) is 5.34. The Hall–Kier alpha value is -1.93. The van der Waals surface area contributed by atoms with Crippen molar-refractivity contribution in [2.75, 3.05) is 0 Å². The summed E-state index contributed by atoms with van der Waals surface area (Å²) >= 11 is 0. The standard InChI is InChI=1S/C22H25NO/c1-17-13-18(2)15-21(14-17)23-16-22(24-21,19-9-5-3-6-10-19)20-11-7-4-8-12-20/h3-12,16-18H,13-15H2,1-2H3. The summed E-state index contributed by atoms with van der Waals surface area (Å²) in [5.41, 5.74) is 1.37. The molecule has 1 saturated carbocycles. The minimum absolute atomic E-state index is 0.372. The van der Waals surface area contributed by atoms with E-state index in [1.807, 2.05) is 0 Å². The van der Waals surface area contributed by atoms with Gasteiger partial charge in [-0.3, -0.25) is 4.99 Å². The molecule has 2 aromatic carbocycles. The second kappa shape index (κ2) is 5.86. The molecule has 124 valence electrons. The lowest BCUT2D eigenvalue weighted by atomic mass is 9.78. The van der Waals surface area contributed by atoms with Crippen molar-refractivity contribution in [3.63, 3.8) is 0 Å². The summed E-state index contributed by atoms with van der Waals surface area (Å²) in [5, 5.41) is 0. The molecule has 1 aliphatic carbocycles. The smallest absolute Gasteiger partial charge is 0.161 e. The Morgan fingerprint density at radius 1 is 0.833 bits per heavy atom. The van der Waals surface area contributed by atoms with Gasteiger partial charge < -0.3 is 4.74 Å². The Kier molecular flexibility index (Phi) is 3.80. The zero-order valence-electron chi connectivity index (χ0n) is 14.5. The van der Waals surface area contributed by atoms with Crippen molar-refractivity contribution < 1.29 is 4.74 Å². The molecule has 1 heterocycles. The summed E-state index contributed by atoms with van der Waals surface area (Å²) in [7, 11) is 0. The van der Waals surface area contributed by atoms with Gasteiger partial charge in [0, 0.05) is 6.21 Å². The third-order valence-corrected chi connectivity index (χ3v) is 5.38. The van der Waals surface area contributed by atoms with E-state index >= 15 is 0 Å². The predicted molar refractivity (Wildman–Crippen MR) is 98.2 cm³/mol. The number of hydrogen-bond acceptors (Lipinski definition) is 2. The fourth-order valence-electron chi connectivity index (χ4n) is 4.58. The SMILES string of the molecule is CC1CC(C)CC2(C1)N=CC(c1ccccc1)(c1ccccc1)O2. The number of aliphatic imine (C=N–C) groups is 1. The molecule has 2 aromatic rings. The van der Waals surface area contributed by atoms with E-state index in [9.17, 15) is 0 Å². The van der Waals surface area contributed by atoms with E-state index in [0.717, 1.165) is 24.0 Å². The van der Waals surface area contributed by atoms with E-state index in [0.29, 0.717) is 11.8 Å². The highest BCUT2D eigenvalue weighted by Crippen LogP contribution is 2.49. The molecule has 2 atom stereocenters. The maximum absolute atomic E-state index is 6.87. The average Bonchev–Trinajstić information content (AvgIpc) is 2.95. The third kappa shape index (κ3) is 2.59. The molecule has 0 bridgehead atoms. The first-order chi connectivity index (χ1) is 11.6. The van der Waals surface area contributed by atoms with E-state index in [1.54, 1.807) is 0 Å². The van der Waals surface area contributed by atoms with Crippen molar-refractivity contribution in [2.24, 2.45) is 16.8 Å². The van der Waals surface area contributed by atoms with E-state index in [-0.39, 0.29) is 5.72 Å². The van der Waals surface area contributed by atoms with Crippen LogP contribution >= 0.6 is 0 Å². The average molecular weight is 319 g/mol. The lowest BCUT2D eigenvalue weighted by molar-refractivity contribution is -0.120. The Labute approximate surface area is 144 Å². The maximum Gasteiger partial charge on any atom is 0.161 e. The molecule has 0 aromatic heterocycles. The number of benzene rings is 2. The van der Waals surface area contributed by atoms with Crippen LogP contribution in [0.3, 0.4) is 0 Å². The Balaban J connectivity index is 1.79. The highest BCUT2D eigenvalue weighted by Gasteiger charge is 2.50. The van der Waals surface area contributed by atoms with E-state index in [2.05, 4.69) is 80.7 Å². The van der Waals surface area contributed by atoms with Crippen LogP contribution in [0, 0.1) is 11.8 Å². The van der Waals surface area contributed by atoms with Gasteiger partial charge >= 0.3 is 0 Å². The topological polar surface area (TPSA) is 21.6 Å². The molecule has 24 heavy (non-hydrogen) atoms.